The van der Waals surface area contributed by atoms with Gasteiger partial charge in [-0.1, -0.05) is 0 Å². The first kappa shape index (κ1) is 19.0. The van der Waals surface area contributed by atoms with Crippen molar-refractivity contribution in [1.29, 1.82) is 0 Å². The molecule has 5 nitrogen and oxygen atoms in total. The Labute approximate surface area is 174 Å². The predicted octanol–water partition coefficient (Wildman–Crippen LogP) is 3.95. The molecule has 0 fully saturated rings. The molecule has 122 valence electrons. The van der Waals surface area contributed by atoms with Crippen LogP contribution in [0.25, 0.3) is 0 Å². The minimum atomic E-state index is -1.02. The van der Waals surface area contributed by atoms with E-state index in [1.165, 1.54) is 0 Å². The molecule has 0 aliphatic heterocycles. The molecule has 23 heavy (non-hydrogen) atoms. The van der Waals surface area contributed by atoms with Crippen molar-refractivity contribution in [3.8, 4) is 17.2 Å². The molecule has 0 aliphatic rings. The lowest BCUT2D eigenvalue weighted by molar-refractivity contribution is -0.138. The number of carbonyl (C=O) groups is 1. The van der Waals surface area contributed by atoms with Crippen molar-refractivity contribution in [2.45, 2.75) is 12.5 Å². The summed E-state index contributed by atoms with van der Waals surface area (Å²) in [5.74, 6) is 0.482. The highest BCUT2D eigenvalue weighted by atomic mass is 127. The van der Waals surface area contributed by atoms with Crippen molar-refractivity contribution in [1.82, 2.24) is 0 Å². The molecule has 0 bridgehead atoms. The van der Waals surface area contributed by atoms with Crippen LogP contribution in [0.15, 0.2) is 30.3 Å². The average Bonchev–Trinajstić information content (AvgIpc) is 2.47. The third-order valence-electron chi connectivity index (χ3n) is 3.00. The van der Waals surface area contributed by atoms with Crippen molar-refractivity contribution in [2.24, 2.45) is 5.73 Å². The summed E-state index contributed by atoms with van der Waals surface area (Å²) < 4.78 is 8.31. The summed E-state index contributed by atoms with van der Waals surface area (Å²) in [6, 6.07) is 7.82. The first-order valence-electron chi connectivity index (χ1n) is 6.40. The van der Waals surface area contributed by atoms with Gasteiger partial charge in [0.1, 0.15) is 23.3 Å². The number of ether oxygens (including phenoxy) is 1. The van der Waals surface area contributed by atoms with E-state index in [0.29, 0.717) is 15.1 Å². The van der Waals surface area contributed by atoms with E-state index in [-0.39, 0.29) is 12.2 Å². The van der Waals surface area contributed by atoms with Gasteiger partial charge in [-0.3, -0.25) is 4.79 Å². The van der Waals surface area contributed by atoms with E-state index in [0.717, 1.165) is 12.7 Å². The van der Waals surface area contributed by atoms with Gasteiger partial charge in [0.25, 0.3) is 0 Å². The van der Waals surface area contributed by atoms with Crippen molar-refractivity contribution < 1.29 is 19.7 Å². The molecular formula is C15H12I3NO4. The molecule has 1 atom stereocenters. The molecule has 4 N–H and O–H groups in total. The number of hydrogen-bond donors (Lipinski definition) is 3. The van der Waals surface area contributed by atoms with Crippen molar-refractivity contribution in [3.63, 3.8) is 0 Å². The highest BCUT2D eigenvalue weighted by Gasteiger charge is 2.16. The maximum atomic E-state index is 10.9. The van der Waals surface area contributed by atoms with Gasteiger partial charge in [0, 0.05) is 3.57 Å². The van der Waals surface area contributed by atoms with Crippen LogP contribution in [0.4, 0.5) is 0 Å². The first-order chi connectivity index (χ1) is 10.8. The average molecular weight is 651 g/mol. The second-order valence-electron chi connectivity index (χ2n) is 4.74. The maximum absolute atomic E-state index is 10.9. The minimum absolute atomic E-state index is 0.209. The van der Waals surface area contributed by atoms with E-state index in [1.807, 2.05) is 34.7 Å². The second kappa shape index (κ2) is 8.16. The monoisotopic (exact) mass is 651 g/mol. The lowest BCUT2D eigenvalue weighted by Gasteiger charge is -2.13. The predicted molar refractivity (Wildman–Crippen MR) is 112 cm³/mol. The maximum Gasteiger partial charge on any atom is 0.320 e. The van der Waals surface area contributed by atoms with E-state index in [4.69, 9.17) is 15.6 Å². The standard InChI is InChI=1S/C15H12I3NO4/c16-9-6-14(23-8-1-2-13(20)10(17)5-8)11(18)3-7(9)4-12(19)15(21)22/h1-3,5-6,12,20H,4,19H2,(H,21,22)/t12-/m0/s1. The van der Waals surface area contributed by atoms with Gasteiger partial charge in [0.15, 0.2) is 0 Å². The fraction of sp³-hybridized carbons (Fsp3) is 0.133. The number of phenols is 1. The fourth-order valence-corrected chi connectivity index (χ4v) is 3.59. The molecular weight excluding hydrogens is 639 g/mol. The summed E-state index contributed by atoms with van der Waals surface area (Å²) in [5, 5.41) is 18.5. The van der Waals surface area contributed by atoms with Gasteiger partial charge < -0.3 is 20.7 Å². The molecule has 0 aromatic heterocycles. The van der Waals surface area contributed by atoms with Crippen LogP contribution >= 0.6 is 67.8 Å². The Bertz CT molecular complexity index is 752. The van der Waals surface area contributed by atoms with E-state index in [1.54, 1.807) is 18.2 Å². The van der Waals surface area contributed by atoms with Gasteiger partial charge in [0.05, 0.1) is 7.14 Å². The zero-order chi connectivity index (χ0) is 17.1. The number of benzene rings is 2. The lowest BCUT2D eigenvalue weighted by atomic mass is 10.1. The molecule has 8 heteroatoms. The topological polar surface area (TPSA) is 92.8 Å². The van der Waals surface area contributed by atoms with E-state index in [9.17, 15) is 9.90 Å². The van der Waals surface area contributed by atoms with Gasteiger partial charge >= 0.3 is 5.97 Å². The Morgan fingerprint density at radius 3 is 2.43 bits per heavy atom. The van der Waals surface area contributed by atoms with Crippen LogP contribution in [0.5, 0.6) is 17.2 Å². The zero-order valence-electron chi connectivity index (χ0n) is 11.6. The van der Waals surface area contributed by atoms with Crippen LogP contribution in [-0.4, -0.2) is 22.2 Å². The van der Waals surface area contributed by atoms with Crippen LogP contribution in [0.2, 0.25) is 0 Å². The fourth-order valence-electron chi connectivity index (χ4n) is 1.81. The second-order valence-corrected chi connectivity index (χ2v) is 8.22. The van der Waals surface area contributed by atoms with Crippen molar-refractivity contribution in [3.05, 3.63) is 46.6 Å². The minimum Gasteiger partial charge on any atom is -0.507 e. The van der Waals surface area contributed by atoms with Crippen LogP contribution in [0, 0.1) is 10.7 Å². The summed E-state index contributed by atoms with van der Waals surface area (Å²) in [6.45, 7) is 0. The Morgan fingerprint density at radius 1 is 1.13 bits per heavy atom. The quantitative estimate of drug-likeness (QED) is 0.427. The largest absolute Gasteiger partial charge is 0.507 e. The Kier molecular flexibility index (Phi) is 6.74. The van der Waals surface area contributed by atoms with Gasteiger partial charge in [-0.2, -0.15) is 0 Å². The number of carboxylic acid groups (broad SMARTS) is 1. The number of phenolic OH excluding ortho intramolecular Hbond substituents is 1. The van der Waals surface area contributed by atoms with E-state index < -0.39 is 12.0 Å². The van der Waals surface area contributed by atoms with E-state index >= 15 is 0 Å². The highest BCUT2D eigenvalue weighted by molar-refractivity contribution is 14.1. The summed E-state index contributed by atoms with van der Waals surface area (Å²) in [5.41, 5.74) is 6.47. The smallest absolute Gasteiger partial charge is 0.320 e. The van der Waals surface area contributed by atoms with Crippen LogP contribution in [0.1, 0.15) is 5.56 Å². The molecule has 2 aromatic rings. The molecule has 0 amide bonds. The lowest BCUT2D eigenvalue weighted by Crippen LogP contribution is -2.32. The van der Waals surface area contributed by atoms with Gasteiger partial charge in [-0.15, -0.1) is 0 Å². The summed E-state index contributed by atoms with van der Waals surface area (Å²) in [6.07, 6.45) is 0.265. The number of rotatable bonds is 5. The van der Waals surface area contributed by atoms with Crippen molar-refractivity contribution >= 4 is 73.7 Å². The van der Waals surface area contributed by atoms with Crippen LogP contribution < -0.4 is 10.5 Å². The Balaban J connectivity index is 2.25. The zero-order valence-corrected chi connectivity index (χ0v) is 18.1. The normalized spacial score (nSPS) is 12.0. The number of carboxylic acids is 1. The molecule has 0 saturated carbocycles. The molecule has 0 saturated heterocycles. The number of halogens is 3. The number of hydrogen-bond acceptors (Lipinski definition) is 4. The van der Waals surface area contributed by atoms with Crippen molar-refractivity contribution in [2.75, 3.05) is 0 Å². The van der Waals surface area contributed by atoms with Gasteiger partial charge in [-0.05, 0) is 110 Å². The molecule has 0 aliphatic carbocycles. The molecule has 0 spiro atoms. The summed E-state index contributed by atoms with van der Waals surface area (Å²) in [4.78, 5) is 10.9. The molecule has 2 aromatic carbocycles. The Morgan fingerprint density at radius 2 is 1.83 bits per heavy atom. The third kappa shape index (κ3) is 5.06. The van der Waals surface area contributed by atoms with Crippen LogP contribution in [0.3, 0.4) is 0 Å². The highest BCUT2D eigenvalue weighted by Crippen LogP contribution is 2.33. The molecule has 0 heterocycles. The first-order valence-corrected chi connectivity index (χ1v) is 9.64. The number of nitrogens with two attached hydrogens (primary N) is 1. The summed E-state index contributed by atoms with van der Waals surface area (Å²) >= 11 is 6.31. The number of aromatic hydroxyl groups is 1. The molecule has 0 unspecified atom stereocenters. The summed E-state index contributed by atoms with van der Waals surface area (Å²) in [7, 11) is 0. The third-order valence-corrected chi connectivity index (χ3v) is 5.72. The molecule has 2 rings (SSSR count). The number of aliphatic carboxylic acids is 1. The van der Waals surface area contributed by atoms with Gasteiger partial charge in [0.2, 0.25) is 0 Å². The van der Waals surface area contributed by atoms with Crippen LogP contribution in [-0.2, 0) is 11.2 Å². The Hall–Kier alpha value is -0.340. The molecule has 0 radical (unpaired) electrons. The van der Waals surface area contributed by atoms with E-state index in [2.05, 4.69) is 45.2 Å². The van der Waals surface area contributed by atoms with Gasteiger partial charge in [-0.25, -0.2) is 0 Å². The SMILES string of the molecule is N[C@@H](Cc1cc(I)c(Oc2ccc(O)c(I)c2)cc1I)C(=O)O.